The van der Waals surface area contributed by atoms with Crippen LogP contribution in [0.15, 0.2) is 30.3 Å². The number of urea groups is 1. The van der Waals surface area contributed by atoms with E-state index >= 15 is 0 Å². The monoisotopic (exact) mass is 290 g/mol. The first-order valence-corrected chi connectivity index (χ1v) is 7.42. The predicted octanol–water partition coefficient (Wildman–Crippen LogP) is 2.12. The van der Waals surface area contributed by atoms with Crippen LogP contribution in [0.1, 0.15) is 25.3 Å². The fourth-order valence-electron chi connectivity index (χ4n) is 2.64. The Balaban J connectivity index is 1.94. The number of carboxylic acids is 1. The van der Waals surface area contributed by atoms with Gasteiger partial charge in [0.1, 0.15) is 6.04 Å². The number of rotatable bonds is 5. The number of carbonyl (C=O) groups excluding carboxylic acids is 1. The number of aliphatic carboxylic acids is 1. The van der Waals surface area contributed by atoms with Gasteiger partial charge in [0.05, 0.1) is 0 Å². The minimum Gasteiger partial charge on any atom is -0.480 e. The van der Waals surface area contributed by atoms with Crippen molar-refractivity contribution in [3.63, 3.8) is 0 Å². The van der Waals surface area contributed by atoms with Crippen molar-refractivity contribution in [3.05, 3.63) is 35.9 Å². The summed E-state index contributed by atoms with van der Waals surface area (Å²) in [5, 5.41) is 11.9. The Bertz CT molecular complexity index is 490. The molecular formula is C16H22N2O3. The maximum absolute atomic E-state index is 12.2. The molecule has 1 saturated heterocycles. The Kier molecular flexibility index (Phi) is 5.20. The zero-order valence-electron chi connectivity index (χ0n) is 12.3. The van der Waals surface area contributed by atoms with E-state index in [1.807, 2.05) is 30.3 Å². The molecule has 2 N–H and O–H groups in total. The highest BCUT2D eigenvalue weighted by Gasteiger charge is 2.28. The molecule has 1 aliphatic rings. The number of likely N-dealkylation sites (tertiary alicyclic amines) is 1. The summed E-state index contributed by atoms with van der Waals surface area (Å²) >= 11 is 0. The van der Waals surface area contributed by atoms with E-state index in [1.165, 1.54) is 0 Å². The van der Waals surface area contributed by atoms with Crippen LogP contribution in [0.5, 0.6) is 0 Å². The average Bonchev–Trinajstić information content (AvgIpc) is 2.96. The summed E-state index contributed by atoms with van der Waals surface area (Å²) in [4.78, 5) is 25.2. The normalized spacial score (nSPS) is 19.3. The highest BCUT2D eigenvalue weighted by Crippen LogP contribution is 2.19. The van der Waals surface area contributed by atoms with Gasteiger partial charge in [-0.1, -0.05) is 43.7 Å². The van der Waals surface area contributed by atoms with Crippen molar-refractivity contribution < 1.29 is 14.7 Å². The van der Waals surface area contributed by atoms with Crippen LogP contribution in [0, 0.1) is 5.92 Å². The minimum atomic E-state index is -1.00. The van der Waals surface area contributed by atoms with Crippen LogP contribution >= 0.6 is 0 Å². The van der Waals surface area contributed by atoms with E-state index in [0.717, 1.165) is 24.9 Å². The molecule has 114 valence electrons. The SMILES string of the molecule is CCC1CCN(C(=O)N[C@@H](Cc2ccccc2)C(=O)O)C1. The van der Waals surface area contributed by atoms with Gasteiger partial charge in [-0.25, -0.2) is 9.59 Å². The summed E-state index contributed by atoms with van der Waals surface area (Å²) < 4.78 is 0. The summed E-state index contributed by atoms with van der Waals surface area (Å²) in [5.74, 6) is -0.466. The molecule has 2 atom stereocenters. The number of carbonyl (C=O) groups is 2. The Morgan fingerprint density at radius 1 is 1.38 bits per heavy atom. The van der Waals surface area contributed by atoms with Gasteiger partial charge in [0.2, 0.25) is 0 Å². The van der Waals surface area contributed by atoms with Crippen molar-refractivity contribution in [1.82, 2.24) is 10.2 Å². The first kappa shape index (κ1) is 15.4. The van der Waals surface area contributed by atoms with Gasteiger partial charge < -0.3 is 15.3 Å². The second-order valence-electron chi connectivity index (χ2n) is 5.54. The number of carboxylic acid groups (broad SMARTS) is 1. The van der Waals surface area contributed by atoms with E-state index in [-0.39, 0.29) is 6.03 Å². The quantitative estimate of drug-likeness (QED) is 0.872. The zero-order chi connectivity index (χ0) is 15.2. The maximum Gasteiger partial charge on any atom is 0.326 e. The van der Waals surface area contributed by atoms with Gasteiger partial charge >= 0.3 is 12.0 Å². The molecular weight excluding hydrogens is 268 g/mol. The van der Waals surface area contributed by atoms with Gasteiger partial charge in [0.25, 0.3) is 0 Å². The van der Waals surface area contributed by atoms with Crippen LogP contribution in [0.25, 0.3) is 0 Å². The van der Waals surface area contributed by atoms with E-state index in [9.17, 15) is 14.7 Å². The molecule has 0 saturated carbocycles. The first-order valence-electron chi connectivity index (χ1n) is 7.42. The van der Waals surface area contributed by atoms with Gasteiger partial charge in [-0.2, -0.15) is 0 Å². The highest BCUT2D eigenvalue weighted by molar-refractivity contribution is 5.83. The van der Waals surface area contributed by atoms with Crippen LogP contribution in [0.2, 0.25) is 0 Å². The number of amides is 2. The number of nitrogens with zero attached hydrogens (tertiary/aromatic N) is 1. The van der Waals surface area contributed by atoms with E-state index in [4.69, 9.17) is 0 Å². The van der Waals surface area contributed by atoms with E-state index < -0.39 is 12.0 Å². The van der Waals surface area contributed by atoms with Crippen molar-refractivity contribution in [2.45, 2.75) is 32.2 Å². The first-order chi connectivity index (χ1) is 10.1. The standard InChI is InChI=1S/C16H22N2O3/c1-2-12-8-9-18(11-12)16(21)17-14(15(19)20)10-13-6-4-3-5-7-13/h3-7,12,14H,2,8-11H2,1H3,(H,17,21)(H,19,20)/t12?,14-/m0/s1. The maximum atomic E-state index is 12.2. The lowest BCUT2D eigenvalue weighted by Crippen LogP contribution is -2.48. The summed E-state index contributed by atoms with van der Waals surface area (Å²) in [6, 6.07) is 8.18. The van der Waals surface area contributed by atoms with Crippen molar-refractivity contribution >= 4 is 12.0 Å². The molecule has 1 unspecified atom stereocenters. The smallest absolute Gasteiger partial charge is 0.326 e. The predicted molar refractivity (Wildman–Crippen MR) is 80.1 cm³/mol. The lowest BCUT2D eigenvalue weighted by Gasteiger charge is -2.21. The summed E-state index contributed by atoms with van der Waals surface area (Å²) in [5.41, 5.74) is 0.901. The second kappa shape index (κ2) is 7.11. The van der Waals surface area contributed by atoms with Crippen LogP contribution in [-0.4, -0.2) is 41.1 Å². The molecule has 1 aromatic carbocycles. The molecule has 0 radical (unpaired) electrons. The summed E-state index contributed by atoms with van der Waals surface area (Å²) in [6.07, 6.45) is 2.35. The molecule has 0 bridgehead atoms. The molecule has 0 aliphatic carbocycles. The van der Waals surface area contributed by atoms with Gasteiger partial charge in [0, 0.05) is 19.5 Å². The van der Waals surface area contributed by atoms with Crippen LogP contribution in [0.4, 0.5) is 4.79 Å². The second-order valence-corrected chi connectivity index (χ2v) is 5.54. The Morgan fingerprint density at radius 2 is 2.10 bits per heavy atom. The van der Waals surface area contributed by atoms with Crippen LogP contribution in [-0.2, 0) is 11.2 Å². The molecule has 1 fully saturated rings. The third kappa shape index (κ3) is 4.21. The van der Waals surface area contributed by atoms with Crippen molar-refractivity contribution in [3.8, 4) is 0 Å². The Labute approximate surface area is 125 Å². The van der Waals surface area contributed by atoms with Gasteiger partial charge in [-0.3, -0.25) is 0 Å². The largest absolute Gasteiger partial charge is 0.480 e. The minimum absolute atomic E-state index is 0.269. The Hall–Kier alpha value is -2.04. The summed E-state index contributed by atoms with van der Waals surface area (Å²) in [6.45, 7) is 3.55. The number of benzene rings is 1. The van der Waals surface area contributed by atoms with Gasteiger partial charge in [-0.15, -0.1) is 0 Å². The molecule has 0 spiro atoms. The molecule has 1 aliphatic heterocycles. The molecule has 1 aromatic rings. The van der Waals surface area contributed by atoms with E-state index in [0.29, 0.717) is 18.9 Å². The molecule has 5 heteroatoms. The summed E-state index contributed by atoms with van der Waals surface area (Å²) in [7, 11) is 0. The lowest BCUT2D eigenvalue weighted by atomic mass is 10.1. The average molecular weight is 290 g/mol. The van der Waals surface area contributed by atoms with E-state index in [2.05, 4.69) is 12.2 Å². The van der Waals surface area contributed by atoms with Gasteiger partial charge in [0.15, 0.2) is 0 Å². The zero-order valence-corrected chi connectivity index (χ0v) is 12.3. The Morgan fingerprint density at radius 3 is 2.67 bits per heavy atom. The van der Waals surface area contributed by atoms with Crippen LogP contribution < -0.4 is 5.32 Å². The topological polar surface area (TPSA) is 69.6 Å². The fourth-order valence-corrected chi connectivity index (χ4v) is 2.64. The third-order valence-corrected chi connectivity index (χ3v) is 4.03. The molecule has 2 rings (SSSR count). The van der Waals surface area contributed by atoms with Crippen LogP contribution in [0.3, 0.4) is 0 Å². The van der Waals surface area contributed by atoms with E-state index in [1.54, 1.807) is 4.90 Å². The molecule has 0 aromatic heterocycles. The van der Waals surface area contributed by atoms with Crippen molar-refractivity contribution in [2.24, 2.45) is 5.92 Å². The number of hydrogen-bond donors (Lipinski definition) is 2. The number of nitrogens with one attached hydrogen (secondary N) is 1. The fraction of sp³-hybridized carbons (Fsp3) is 0.500. The highest BCUT2D eigenvalue weighted by atomic mass is 16.4. The molecule has 2 amide bonds. The molecule has 21 heavy (non-hydrogen) atoms. The number of hydrogen-bond acceptors (Lipinski definition) is 2. The van der Waals surface area contributed by atoms with Crippen molar-refractivity contribution in [2.75, 3.05) is 13.1 Å². The molecule has 5 nitrogen and oxygen atoms in total. The van der Waals surface area contributed by atoms with Gasteiger partial charge in [-0.05, 0) is 17.9 Å². The van der Waals surface area contributed by atoms with Crippen molar-refractivity contribution in [1.29, 1.82) is 0 Å². The lowest BCUT2D eigenvalue weighted by molar-refractivity contribution is -0.139. The third-order valence-electron chi connectivity index (χ3n) is 4.03. The molecule has 1 heterocycles.